The lowest BCUT2D eigenvalue weighted by Gasteiger charge is -2.10. The Morgan fingerprint density at radius 1 is 1.07 bits per heavy atom. The van der Waals surface area contributed by atoms with Crippen LogP contribution in [0.25, 0.3) is 11.3 Å². The summed E-state index contributed by atoms with van der Waals surface area (Å²) >= 11 is 0. The highest BCUT2D eigenvalue weighted by Gasteiger charge is 2.05. The minimum atomic E-state index is -0.273. The van der Waals surface area contributed by atoms with Gasteiger partial charge in [-0.1, -0.05) is 36.4 Å². The Hall–Kier alpha value is -3.61. The molecule has 0 aliphatic carbocycles. The molecular weight excluding hydrogens is 358 g/mol. The summed E-state index contributed by atoms with van der Waals surface area (Å²) < 4.78 is 12.0. The number of ether oxygens (including phenoxy) is 2. The molecule has 2 aromatic carbocycles. The Kier molecular flexibility index (Phi) is 6.41. The summed E-state index contributed by atoms with van der Waals surface area (Å²) in [5.41, 5.74) is 1.34. The normalized spacial score (nSPS) is 10.3. The highest BCUT2D eigenvalue weighted by Crippen LogP contribution is 2.18. The number of carbonyl (C=O) groups is 1. The molecule has 0 unspecified atom stereocenters. The summed E-state index contributed by atoms with van der Waals surface area (Å²) in [4.78, 5) is 28.5. The van der Waals surface area contributed by atoms with Gasteiger partial charge >= 0.3 is 0 Å². The zero-order chi connectivity index (χ0) is 19.8. The SMILES string of the molecule is COc1cccc(OCC(=O)NCCn2cnc(-c3ccccc3)cc2=O)c1. The van der Waals surface area contributed by atoms with Gasteiger partial charge in [-0.15, -0.1) is 0 Å². The molecule has 1 amide bonds. The van der Waals surface area contributed by atoms with Gasteiger partial charge in [0.25, 0.3) is 11.5 Å². The standard InChI is InChI=1S/C21H21N3O4/c1-27-17-8-5-9-18(12-17)28-14-20(25)22-10-11-24-15-23-19(13-21(24)26)16-6-3-2-4-7-16/h2-9,12-13,15H,10-11,14H2,1H3,(H,22,25). The average Bonchev–Trinajstić information content (AvgIpc) is 2.74. The number of nitrogens with one attached hydrogen (secondary N) is 1. The van der Waals surface area contributed by atoms with Crippen LogP contribution in [0.15, 0.2) is 71.8 Å². The van der Waals surface area contributed by atoms with Crippen LogP contribution in [0.2, 0.25) is 0 Å². The van der Waals surface area contributed by atoms with E-state index in [0.29, 0.717) is 30.3 Å². The Balaban J connectivity index is 1.48. The molecule has 28 heavy (non-hydrogen) atoms. The molecule has 0 aliphatic heterocycles. The lowest BCUT2D eigenvalue weighted by molar-refractivity contribution is -0.123. The number of amides is 1. The predicted molar refractivity (Wildman–Crippen MR) is 105 cm³/mol. The third-order valence-corrected chi connectivity index (χ3v) is 4.04. The summed E-state index contributed by atoms with van der Waals surface area (Å²) in [5, 5.41) is 2.72. The van der Waals surface area contributed by atoms with Crippen molar-refractivity contribution in [2.75, 3.05) is 20.3 Å². The van der Waals surface area contributed by atoms with Gasteiger partial charge in [-0.05, 0) is 12.1 Å². The van der Waals surface area contributed by atoms with E-state index in [1.165, 1.54) is 17.0 Å². The van der Waals surface area contributed by atoms with E-state index in [1.54, 1.807) is 31.4 Å². The van der Waals surface area contributed by atoms with Crippen molar-refractivity contribution in [3.05, 3.63) is 77.3 Å². The molecule has 7 heteroatoms. The Morgan fingerprint density at radius 2 is 1.86 bits per heavy atom. The number of rotatable bonds is 8. The molecule has 1 heterocycles. The Bertz CT molecular complexity index is 986. The lowest BCUT2D eigenvalue weighted by Crippen LogP contribution is -2.33. The van der Waals surface area contributed by atoms with Crippen LogP contribution in [0.4, 0.5) is 0 Å². The first-order valence-electron chi connectivity index (χ1n) is 8.81. The number of carbonyl (C=O) groups excluding carboxylic acids is 1. The highest BCUT2D eigenvalue weighted by molar-refractivity contribution is 5.77. The van der Waals surface area contributed by atoms with Gasteiger partial charge < -0.3 is 14.8 Å². The van der Waals surface area contributed by atoms with E-state index in [0.717, 1.165) is 5.56 Å². The van der Waals surface area contributed by atoms with E-state index in [2.05, 4.69) is 10.3 Å². The number of benzene rings is 2. The third kappa shape index (κ3) is 5.20. The first-order chi connectivity index (χ1) is 13.7. The zero-order valence-electron chi connectivity index (χ0n) is 15.5. The largest absolute Gasteiger partial charge is 0.497 e. The Morgan fingerprint density at radius 3 is 2.61 bits per heavy atom. The molecule has 0 atom stereocenters. The van der Waals surface area contributed by atoms with E-state index >= 15 is 0 Å². The molecule has 0 bridgehead atoms. The summed E-state index contributed by atoms with van der Waals surface area (Å²) in [6.45, 7) is 0.506. The predicted octanol–water partition coefficient (Wildman–Crippen LogP) is 2.11. The summed E-state index contributed by atoms with van der Waals surface area (Å²) in [6.07, 6.45) is 1.49. The first-order valence-corrected chi connectivity index (χ1v) is 8.81. The quantitative estimate of drug-likeness (QED) is 0.648. The van der Waals surface area contributed by atoms with Crippen molar-refractivity contribution in [1.82, 2.24) is 14.9 Å². The van der Waals surface area contributed by atoms with Gasteiger partial charge in [0, 0.05) is 30.8 Å². The fourth-order valence-corrected chi connectivity index (χ4v) is 2.57. The van der Waals surface area contributed by atoms with Crippen molar-refractivity contribution in [2.45, 2.75) is 6.54 Å². The van der Waals surface area contributed by atoms with E-state index in [9.17, 15) is 9.59 Å². The molecule has 7 nitrogen and oxygen atoms in total. The second-order valence-electron chi connectivity index (χ2n) is 5.99. The van der Waals surface area contributed by atoms with Gasteiger partial charge in [-0.25, -0.2) is 4.98 Å². The van der Waals surface area contributed by atoms with Crippen molar-refractivity contribution < 1.29 is 14.3 Å². The van der Waals surface area contributed by atoms with Crippen LogP contribution >= 0.6 is 0 Å². The maximum absolute atomic E-state index is 12.2. The van der Waals surface area contributed by atoms with Crippen LogP contribution in [-0.2, 0) is 11.3 Å². The molecule has 0 saturated heterocycles. The van der Waals surface area contributed by atoms with Crippen molar-refractivity contribution in [3.8, 4) is 22.8 Å². The molecule has 1 aromatic heterocycles. The van der Waals surface area contributed by atoms with Crippen LogP contribution in [-0.4, -0.2) is 35.7 Å². The van der Waals surface area contributed by atoms with Crippen molar-refractivity contribution in [1.29, 1.82) is 0 Å². The van der Waals surface area contributed by atoms with Gasteiger partial charge in [0.05, 0.1) is 19.1 Å². The summed E-state index contributed by atoms with van der Waals surface area (Å²) in [6, 6.07) is 18.0. The Labute approximate surface area is 162 Å². The maximum Gasteiger partial charge on any atom is 0.258 e. The fourth-order valence-electron chi connectivity index (χ4n) is 2.57. The molecule has 0 saturated carbocycles. The van der Waals surface area contributed by atoms with Gasteiger partial charge in [-0.3, -0.25) is 14.2 Å². The van der Waals surface area contributed by atoms with Gasteiger partial charge in [0.15, 0.2) is 6.61 Å². The number of hydrogen-bond donors (Lipinski definition) is 1. The number of nitrogens with zero attached hydrogens (tertiary/aromatic N) is 2. The van der Waals surface area contributed by atoms with Crippen LogP contribution < -0.4 is 20.3 Å². The molecule has 0 fully saturated rings. The minimum absolute atomic E-state index is 0.118. The van der Waals surface area contributed by atoms with E-state index in [4.69, 9.17) is 9.47 Å². The fraction of sp³-hybridized carbons (Fsp3) is 0.190. The summed E-state index contributed by atoms with van der Waals surface area (Å²) in [5.74, 6) is 0.930. The van der Waals surface area contributed by atoms with Crippen molar-refractivity contribution in [3.63, 3.8) is 0 Å². The second-order valence-corrected chi connectivity index (χ2v) is 5.99. The third-order valence-electron chi connectivity index (χ3n) is 4.04. The maximum atomic E-state index is 12.2. The van der Waals surface area contributed by atoms with Crippen LogP contribution in [0, 0.1) is 0 Å². The molecule has 0 radical (unpaired) electrons. The second kappa shape index (κ2) is 9.36. The van der Waals surface area contributed by atoms with Gasteiger partial charge in [0.2, 0.25) is 0 Å². The number of hydrogen-bond acceptors (Lipinski definition) is 5. The summed E-state index contributed by atoms with van der Waals surface area (Å²) in [7, 11) is 1.56. The molecule has 3 aromatic rings. The van der Waals surface area contributed by atoms with Crippen molar-refractivity contribution >= 4 is 5.91 Å². The topological polar surface area (TPSA) is 82.4 Å². The number of aromatic nitrogens is 2. The molecule has 0 spiro atoms. The van der Waals surface area contributed by atoms with E-state index in [-0.39, 0.29) is 18.1 Å². The average molecular weight is 379 g/mol. The molecule has 1 N–H and O–H groups in total. The monoisotopic (exact) mass is 379 g/mol. The first kappa shape index (κ1) is 19.2. The van der Waals surface area contributed by atoms with Gasteiger partial charge in [0.1, 0.15) is 11.5 Å². The van der Waals surface area contributed by atoms with E-state index in [1.807, 2.05) is 30.3 Å². The van der Waals surface area contributed by atoms with Crippen LogP contribution in [0.5, 0.6) is 11.5 Å². The van der Waals surface area contributed by atoms with Crippen LogP contribution in [0.3, 0.4) is 0 Å². The molecule has 0 aliphatic rings. The smallest absolute Gasteiger partial charge is 0.258 e. The minimum Gasteiger partial charge on any atom is -0.497 e. The van der Waals surface area contributed by atoms with Crippen LogP contribution in [0.1, 0.15) is 0 Å². The van der Waals surface area contributed by atoms with E-state index < -0.39 is 0 Å². The lowest BCUT2D eigenvalue weighted by atomic mass is 10.1. The van der Waals surface area contributed by atoms with Crippen molar-refractivity contribution in [2.24, 2.45) is 0 Å². The highest BCUT2D eigenvalue weighted by atomic mass is 16.5. The molecular formula is C21H21N3O4. The van der Waals surface area contributed by atoms with Gasteiger partial charge in [-0.2, -0.15) is 0 Å². The molecule has 3 rings (SSSR count). The molecule has 144 valence electrons. The number of methoxy groups -OCH3 is 1. The zero-order valence-corrected chi connectivity index (χ0v) is 15.5.